The van der Waals surface area contributed by atoms with Crippen molar-refractivity contribution in [2.45, 2.75) is 37.8 Å². The SMILES string of the molecule is NC(N)=NCCC[C@H](N)C(=O)O.NC(N)=NCCC[C@H](N)C(=O)O.[Pd]. The number of guanidine groups is 2. The first kappa shape index (κ1) is 27.9. The molecule has 0 heterocycles. The quantitative estimate of drug-likeness (QED) is 0.0713. The van der Waals surface area contributed by atoms with E-state index < -0.39 is 24.0 Å². The molecule has 2 atom stereocenters. The minimum Gasteiger partial charge on any atom is -0.480 e. The number of aliphatic imine (C=N–C) groups is 2. The summed E-state index contributed by atoms with van der Waals surface area (Å²) in [6, 6.07) is -1.64. The molecule has 0 aromatic heterocycles. The summed E-state index contributed by atoms with van der Waals surface area (Å²) in [4.78, 5) is 27.8. The van der Waals surface area contributed by atoms with Gasteiger partial charge in [-0.1, -0.05) is 0 Å². The summed E-state index contributed by atoms with van der Waals surface area (Å²) in [6.07, 6.45) is 1.91. The molecule has 0 saturated carbocycles. The molecule has 0 bridgehead atoms. The number of nitrogens with two attached hydrogens (primary N) is 6. The van der Waals surface area contributed by atoms with Crippen LogP contribution in [0.2, 0.25) is 0 Å². The van der Waals surface area contributed by atoms with Crippen molar-refractivity contribution in [3.05, 3.63) is 0 Å². The number of carboxylic acid groups (broad SMARTS) is 2. The number of rotatable bonds is 10. The van der Waals surface area contributed by atoms with Crippen LogP contribution in [0, 0.1) is 0 Å². The average molecular weight is 455 g/mol. The molecule has 0 unspecified atom stereocenters. The molecule has 0 amide bonds. The third kappa shape index (κ3) is 22.1. The Labute approximate surface area is 159 Å². The van der Waals surface area contributed by atoms with E-state index in [1.807, 2.05) is 0 Å². The molecule has 0 aliphatic heterocycles. The van der Waals surface area contributed by atoms with E-state index in [1.54, 1.807) is 0 Å². The maximum absolute atomic E-state index is 10.2. The molecule has 14 N–H and O–H groups in total. The van der Waals surface area contributed by atoms with Gasteiger partial charge in [-0.15, -0.1) is 0 Å². The topological polar surface area (TPSA) is 255 Å². The van der Waals surface area contributed by atoms with Gasteiger partial charge in [0.2, 0.25) is 0 Å². The third-order valence-electron chi connectivity index (χ3n) is 2.57. The van der Waals surface area contributed by atoms with Crippen LogP contribution in [0.1, 0.15) is 25.7 Å². The summed E-state index contributed by atoms with van der Waals surface area (Å²) in [6.45, 7) is 0.840. The zero-order valence-corrected chi connectivity index (χ0v) is 15.3. The van der Waals surface area contributed by atoms with Gasteiger partial charge in [0.1, 0.15) is 12.1 Å². The summed E-state index contributed by atoms with van der Waals surface area (Å²) >= 11 is 0. The van der Waals surface area contributed by atoms with Crippen molar-refractivity contribution in [1.29, 1.82) is 0 Å². The van der Waals surface area contributed by atoms with Crippen molar-refractivity contribution in [2.24, 2.45) is 44.4 Å². The molecular formula is C12H28N8O4Pd. The van der Waals surface area contributed by atoms with Gasteiger partial charge in [0.05, 0.1) is 0 Å². The van der Waals surface area contributed by atoms with E-state index in [0.29, 0.717) is 38.8 Å². The van der Waals surface area contributed by atoms with Crippen LogP contribution in [0.4, 0.5) is 0 Å². The molecule has 13 heteroatoms. The first-order chi connectivity index (χ1) is 11.1. The second-order valence-corrected chi connectivity index (χ2v) is 4.79. The molecule has 0 aromatic rings. The van der Waals surface area contributed by atoms with E-state index in [9.17, 15) is 9.59 Å². The van der Waals surface area contributed by atoms with E-state index in [-0.39, 0.29) is 32.3 Å². The van der Waals surface area contributed by atoms with E-state index in [1.165, 1.54) is 0 Å². The van der Waals surface area contributed by atoms with Gasteiger partial charge in [-0.2, -0.15) is 0 Å². The summed E-state index contributed by atoms with van der Waals surface area (Å²) in [5.41, 5.74) is 30.6. The Kier molecular flexibility index (Phi) is 18.9. The zero-order chi connectivity index (χ0) is 19.1. The number of carboxylic acids is 2. The molecule has 25 heavy (non-hydrogen) atoms. The van der Waals surface area contributed by atoms with Crippen molar-refractivity contribution >= 4 is 23.9 Å². The van der Waals surface area contributed by atoms with Gasteiger partial charge in [-0.3, -0.25) is 19.6 Å². The molecule has 150 valence electrons. The van der Waals surface area contributed by atoms with Crippen LogP contribution < -0.4 is 34.4 Å². The zero-order valence-electron chi connectivity index (χ0n) is 13.8. The Bertz CT molecular complexity index is 399. The van der Waals surface area contributed by atoms with Crippen LogP contribution in [0.5, 0.6) is 0 Å². The minimum absolute atomic E-state index is 0. The molecule has 0 aromatic carbocycles. The number of hydrogen-bond acceptors (Lipinski definition) is 6. The van der Waals surface area contributed by atoms with E-state index in [2.05, 4.69) is 9.98 Å². The fourth-order valence-corrected chi connectivity index (χ4v) is 1.29. The van der Waals surface area contributed by atoms with Gasteiger partial charge in [0, 0.05) is 33.5 Å². The van der Waals surface area contributed by atoms with Crippen LogP contribution in [0.15, 0.2) is 9.98 Å². The molecule has 0 saturated heterocycles. The summed E-state index contributed by atoms with van der Waals surface area (Å²) in [5, 5.41) is 16.8. The molecule has 0 fully saturated rings. The smallest absolute Gasteiger partial charge is 0.320 e. The molecule has 0 spiro atoms. The number of carbonyl (C=O) groups is 2. The number of hydrogen-bond donors (Lipinski definition) is 8. The van der Waals surface area contributed by atoms with Crippen molar-refractivity contribution in [3.63, 3.8) is 0 Å². The largest absolute Gasteiger partial charge is 0.480 e. The van der Waals surface area contributed by atoms with Crippen molar-refractivity contribution in [2.75, 3.05) is 13.1 Å². The standard InChI is InChI=1S/2C6H14N4O2.Pd/c2*7-4(5(11)12)2-1-3-10-6(8)9;/h2*4H,1-3,7H2,(H,11,12)(H4,8,9,10);/t2*4-;/m00./s1. The first-order valence-electron chi connectivity index (χ1n) is 7.15. The van der Waals surface area contributed by atoms with Gasteiger partial charge in [-0.05, 0) is 25.7 Å². The second kappa shape index (κ2) is 16.9. The Hall–Kier alpha value is -1.94. The predicted molar refractivity (Wildman–Crippen MR) is 91.0 cm³/mol. The number of aliphatic carboxylic acids is 2. The molecule has 0 radical (unpaired) electrons. The Morgan fingerprint density at radius 2 is 1.04 bits per heavy atom. The maximum atomic E-state index is 10.2. The normalized spacial score (nSPS) is 11.6. The average Bonchev–Trinajstić information content (AvgIpc) is 2.47. The second-order valence-electron chi connectivity index (χ2n) is 4.79. The summed E-state index contributed by atoms with van der Waals surface area (Å²) < 4.78 is 0. The van der Waals surface area contributed by atoms with Crippen molar-refractivity contribution < 1.29 is 40.2 Å². The molecule has 12 nitrogen and oxygen atoms in total. The predicted octanol–water partition coefficient (Wildman–Crippen LogP) is -3.10. The van der Waals surface area contributed by atoms with Crippen LogP contribution in [-0.4, -0.2) is 59.2 Å². The maximum Gasteiger partial charge on any atom is 0.320 e. The van der Waals surface area contributed by atoms with Gasteiger partial charge in [0.25, 0.3) is 0 Å². The van der Waals surface area contributed by atoms with E-state index in [0.717, 1.165) is 0 Å². The van der Waals surface area contributed by atoms with Crippen LogP contribution >= 0.6 is 0 Å². The summed E-state index contributed by atoms with van der Waals surface area (Å²) in [7, 11) is 0. The van der Waals surface area contributed by atoms with Gasteiger partial charge < -0.3 is 44.6 Å². The van der Waals surface area contributed by atoms with Crippen LogP contribution in [0.25, 0.3) is 0 Å². The van der Waals surface area contributed by atoms with Crippen molar-refractivity contribution in [1.82, 2.24) is 0 Å². The first-order valence-corrected chi connectivity index (χ1v) is 7.15. The Morgan fingerprint density at radius 3 is 1.24 bits per heavy atom. The molecule has 0 aliphatic rings. The molecule has 0 aliphatic carbocycles. The Morgan fingerprint density at radius 1 is 0.760 bits per heavy atom. The Balaban J connectivity index is -0.000000372. The van der Waals surface area contributed by atoms with Gasteiger partial charge >= 0.3 is 11.9 Å². The van der Waals surface area contributed by atoms with Crippen LogP contribution in [0.3, 0.4) is 0 Å². The van der Waals surface area contributed by atoms with Crippen LogP contribution in [-0.2, 0) is 30.0 Å². The molecular weight excluding hydrogens is 427 g/mol. The van der Waals surface area contributed by atoms with E-state index in [4.69, 9.17) is 44.6 Å². The fraction of sp³-hybridized carbons (Fsp3) is 0.667. The monoisotopic (exact) mass is 454 g/mol. The fourth-order valence-electron chi connectivity index (χ4n) is 1.29. The number of nitrogens with zero attached hydrogens (tertiary/aromatic N) is 2. The minimum atomic E-state index is -1.00. The van der Waals surface area contributed by atoms with Crippen molar-refractivity contribution in [3.8, 4) is 0 Å². The summed E-state index contributed by atoms with van der Waals surface area (Å²) in [5.74, 6) is -1.97. The van der Waals surface area contributed by atoms with E-state index >= 15 is 0 Å². The van der Waals surface area contributed by atoms with Gasteiger partial charge in [-0.25, -0.2) is 0 Å². The third-order valence-corrected chi connectivity index (χ3v) is 2.57. The van der Waals surface area contributed by atoms with Gasteiger partial charge in [0.15, 0.2) is 11.9 Å². The molecule has 0 rings (SSSR count).